The van der Waals surface area contributed by atoms with Gasteiger partial charge in [-0.1, -0.05) is 36.9 Å². The molecule has 13 heavy (non-hydrogen) atoms. The van der Waals surface area contributed by atoms with Gasteiger partial charge in [-0.25, -0.2) is 0 Å². The molecule has 1 unspecified atom stereocenters. The quantitative estimate of drug-likeness (QED) is 0.613. The molecule has 1 nitrogen and oxygen atoms in total. The van der Waals surface area contributed by atoms with Gasteiger partial charge in [0.2, 0.25) is 0 Å². The van der Waals surface area contributed by atoms with E-state index in [1.54, 1.807) is 0 Å². The molecule has 0 saturated carbocycles. The number of benzene rings is 1. The second-order valence-electron chi connectivity index (χ2n) is 2.84. The Kier molecular flexibility index (Phi) is 4.39. The summed E-state index contributed by atoms with van der Waals surface area (Å²) in [6.45, 7) is 1.92. The van der Waals surface area contributed by atoms with Crippen LogP contribution in [-0.2, 0) is 4.79 Å². The molecule has 0 spiro atoms. The highest BCUT2D eigenvalue weighted by Crippen LogP contribution is 2.20. The molecule has 1 atom stereocenters. The summed E-state index contributed by atoms with van der Waals surface area (Å²) >= 11 is 5.45. The second-order valence-corrected chi connectivity index (χ2v) is 4.85. The van der Waals surface area contributed by atoms with Gasteiger partial charge in [0.05, 0.1) is 0 Å². The molecule has 3 heteroatoms. The maximum Gasteiger partial charge on any atom is 0.194 e. The minimum atomic E-state index is 0.142. The SMILES string of the molecule is CC(S)CC(=O)Sc1ccccc1. The molecule has 0 aliphatic rings. The largest absolute Gasteiger partial charge is 0.287 e. The standard InChI is InChI=1S/C10H12OS2/c1-8(12)7-10(11)13-9-5-3-2-4-6-9/h2-6,8,12H,7H2,1H3. The Morgan fingerprint density at radius 1 is 1.46 bits per heavy atom. The van der Waals surface area contributed by atoms with Gasteiger partial charge in [-0.3, -0.25) is 4.79 Å². The molecule has 1 aromatic carbocycles. The first-order valence-electron chi connectivity index (χ1n) is 4.12. The Morgan fingerprint density at radius 2 is 2.08 bits per heavy atom. The van der Waals surface area contributed by atoms with Gasteiger partial charge >= 0.3 is 0 Å². The summed E-state index contributed by atoms with van der Waals surface area (Å²) in [6.07, 6.45) is 0.517. The summed E-state index contributed by atoms with van der Waals surface area (Å²) in [7, 11) is 0. The van der Waals surface area contributed by atoms with E-state index in [9.17, 15) is 4.79 Å². The van der Waals surface area contributed by atoms with Gasteiger partial charge in [0.1, 0.15) is 0 Å². The van der Waals surface area contributed by atoms with E-state index in [1.165, 1.54) is 11.8 Å². The molecule has 0 N–H and O–H groups in total. The lowest BCUT2D eigenvalue weighted by atomic mass is 10.4. The third-order valence-electron chi connectivity index (χ3n) is 1.44. The van der Waals surface area contributed by atoms with Crippen molar-refractivity contribution < 1.29 is 4.79 Å². The molecule has 0 aromatic heterocycles. The average Bonchev–Trinajstić information content (AvgIpc) is 2.04. The summed E-state index contributed by atoms with van der Waals surface area (Å²) in [4.78, 5) is 12.3. The smallest absolute Gasteiger partial charge is 0.194 e. The van der Waals surface area contributed by atoms with Crippen molar-refractivity contribution in [1.29, 1.82) is 0 Å². The Bertz CT molecular complexity index is 270. The van der Waals surface area contributed by atoms with Crippen molar-refractivity contribution in [2.45, 2.75) is 23.5 Å². The molecule has 1 aromatic rings. The first kappa shape index (κ1) is 10.7. The topological polar surface area (TPSA) is 17.1 Å². The van der Waals surface area contributed by atoms with E-state index >= 15 is 0 Å². The molecule has 70 valence electrons. The molecular formula is C10H12OS2. The molecule has 0 aliphatic heterocycles. The number of rotatable bonds is 3. The molecule has 1 rings (SSSR count). The van der Waals surface area contributed by atoms with Gasteiger partial charge in [0.15, 0.2) is 5.12 Å². The van der Waals surface area contributed by atoms with Crippen LogP contribution in [0.15, 0.2) is 35.2 Å². The Labute approximate surface area is 88.3 Å². The van der Waals surface area contributed by atoms with Crippen LogP contribution in [0.3, 0.4) is 0 Å². The predicted octanol–water partition coefficient (Wildman–Crippen LogP) is 3.01. The third-order valence-corrected chi connectivity index (χ3v) is 2.52. The number of thioether (sulfide) groups is 1. The Hall–Kier alpha value is -0.410. The van der Waals surface area contributed by atoms with E-state index in [1.807, 2.05) is 37.3 Å². The molecule has 0 amide bonds. The number of thiol groups is 1. The highest BCUT2D eigenvalue weighted by molar-refractivity contribution is 8.13. The van der Waals surface area contributed by atoms with Gasteiger partial charge < -0.3 is 0 Å². The Morgan fingerprint density at radius 3 is 2.62 bits per heavy atom. The Balaban J connectivity index is 2.46. The van der Waals surface area contributed by atoms with Crippen molar-refractivity contribution in [2.24, 2.45) is 0 Å². The lowest BCUT2D eigenvalue weighted by molar-refractivity contribution is -0.110. The molecule has 0 radical (unpaired) electrons. The van der Waals surface area contributed by atoms with Crippen molar-refractivity contribution in [2.75, 3.05) is 0 Å². The van der Waals surface area contributed by atoms with Crippen molar-refractivity contribution in [3.8, 4) is 0 Å². The van der Waals surface area contributed by atoms with Crippen LogP contribution in [0.5, 0.6) is 0 Å². The summed E-state index contributed by atoms with van der Waals surface area (Å²) in [5, 5.41) is 0.317. The van der Waals surface area contributed by atoms with Crippen LogP contribution in [0.1, 0.15) is 13.3 Å². The summed E-state index contributed by atoms with van der Waals surface area (Å²) < 4.78 is 0. The van der Waals surface area contributed by atoms with Crippen molar-refractivity contribution >= 4 is 29.5 Å². The number of hydrogen-bond donors (Lipinski definition) is 1. The minimum absolute atomic E-state index is 0.142. The molecule has 0 fully saturated rings. The maximum atomic E-state index is 11.3. The molecule has 0 aliphatic carbocycles. The van der Waals surface area contributed by atoms with Crippen LogP contribution in [0, 0.1) is 0 Å². The average molecular weight is 212 g/mol. The maximum absolute atomic E-state index is 11.3. The van der Waals surface area contributed by atoms with Gasteiger partial charge in [-0.05, 0) is 12.1 Å². The highest BCUT2D eigenvalue weighted by Gasteiger charge is 2.06. The fourth-order valence-corrected chi connectivity index (χ4v) is 2.08. The normalized spacial score (nSPS) is 12.5. The molecular weight excluding hydrogens is 200 g/mol. The predicted molar refractivity (Wildman–Crippen MR) is 60.4 cm³/mol. The first-order chi connectivity index (χ1) is 6.18. The van der Waals surface area contributed by atoms with E-state index in [0.29, 0.717) is 6.42 Å². The first-order valence-corrected chi connectivity index (χ1v) is 5.45. The van der Waals surface area contributed by atoms with Gasteiger partial charge in [0.25, 0.3) is 0 Å². The van der Waals surface area contributed by atoms with Gasteiger partial charge in [0, 0.05) is 16.6 Å². The van der Waals surface area contributed by atoms with E-state index < -0.39 is 0 Å². The van der Waals surface area contributed by atoms with E-state index in [4.69, 9.17) is 0 Å². The highest BCUT2D eigenvalue weighted by atomic mass is 32.2. The number of carbonyl (C=O) groups excluding carboxylic acids is 1. The molecule has 0 heterocycles. The number of hydrogen-bond acceptors (Lipinski definition) is 3. The van der Waals surface area contributed by atoms with E-state index in [-0.39, 0.29) is 10.4 Å². The van der Waals surface area contributed by atoms with Crippen LogP contribution in [0.4, 0.5) is 0 Å². The van der Waals surface area contributed by atoms with Crippen molar-refractivity contribution in [3.63, 3.8) is 0 Å². The zero-order chi connectivity index (χ0) is 9.68. The fraction of sp³-hybridized carbons (Fsp3) is 0.300. The number of carbonyl (C=O) groups is 1. The van der Waals surface area contributed by atoms with Crippen LogP contribution < -0.4 is 0 Å². The lowest BCUT2D eigenvalue weighted by Gasteiger charge is -2.02. The van der Waals surface area contributed by atoms with Crippen molar-refractivity contribution in [1.82, 2.24) is 0 Å². The molecule has 0 saturated heterocycles. The van der Waals surface area contributed by atoms with E-state index in [2.05, 4.69) is 12.6 Å². The monoisotopic (exact) mass is 212 g/mol. The summed E-state index contributed by atoms with van der Waals surface area (Å²) in [5.74, 6) is 0. The lowest BCUT2D eigenvalue weighted by Crippen LogP contribution is -1.99. The zero-order valence-corrected chi connectivity index (χ0v) is 9.15. The second kappa shape index (κ2) is 5.35. The van der Waals surface area contributed by atoms with Crippen LogP contribution in [-0.4, -0.2) is 10.4 Å². The summed E-state index contributed by atoms with van der Waals surface area (Å²) in [5.41, 5.74) is 0. The van der Waals surface area contributed by atoms with Crippen LogP contribution >= 0.6 is 24.4 Å². The van der Waals surface area contributed by atoms with Crippen LogP contribution in [0.25, 0.3) is 0 Å². The third kappa shape index (κ3) is 4.39. The fourth-order valence-electron chi connectivity index (χ4n) is 0.903. The van der Waals surface area contributed by atoms with Gasteiger partial charge in [-0.2, -0.15) is 12.6 Å². The minimum Gasteiger partial charge on any atom is -0.287 e. The zero-order valence-electron chi connectivity index (χ0n) is 7.43. The van der Waals surface area contributed by atoms with Crippen LogP contribution in [0.2, 0.25) is 0 Å². The summed E-state index contributed by atoms with van der Waals surface area (Å²) in [6, 6.07) is 9.67. The van der Waals surface area contributed by atoms with Gasteiger partial charge in [-0.15, -0.1) is 0 Å². The van der Waals surface area contributed by atoms with Crippen molar-refractivity contribution in [3.05, 3.63) is 30.3 Å². The molecule has 0 bridgehead atoms. The van der Waals surface area contributed by atoms with E-state index in [0.717, 1.165) is 4.90 Å².